The number of aliphatic hydroxyl groups is 3. The van der Waals surface area contributed by atoms with Crippen molar-refractivity contribution in [2.45, 2.75) is 103 Å². The first-order valence-corrected chi connectivity index (χ1v) is 12.5. The third-order valence-corrected chi connectivity index (χ3v) is 8.53. The van der Waals surface area contributed by atoms with Crippen LogP contribution in [0.15, 0.2) is 23.3 Å². The van der Waals surface area contributed by atoms with Crippen LogP contribution in [0.4, 0.5) is 13.2 Å². The number of hydrogen-bond acceptors (Lipinski definition) is 4. The fourth-order valence-corrected chi connectivity index (χ4v) is 6.64. The van der Waals surface area contributed by atoms with Crippen molar-refractivity contribution >= 4 is 5.91 Å². The molecule has 194 valence electrons. The van der Waals surface area contributed by atoms with Gasteiger partial charge < -0.3 is 20.6 Å². The molecule has 8 heteroatoms. The van der Waals surface area contributed by atoms with Gasteiger partial charge in [0.05, 0.1) is 18.6 Å². The summed E-state index contributed by atoms with van der Waals surface area (Å²) in [6.07, 6.45) is 4.29. The lowest BCUT2D eigenvalue weighted by molar-refractivity contribution is -0.253. The van der Waals surface area contributed by atoms with E-state index in [-0.39, 0.29) is 11.3 Å². The van der Waals surface area contributed by atoms with Crippen molar-refractivity contribution in [1.29, 1.82) is 0 Å². The molecule has 1 amide bonds. The molecule has 7 atom stereocenters. The van der Waals surface area contributed by atoms with Crippen LogP contribution in [0.3, 0.4) is 0 Å². The number of hydrogen-bond donors (Lipinski definition) is 4. The van der Waals surface area contributed by atoms with Gasteiger partial charge in [0.1, 0.15) is 0 Å². The quantitative estimate of drug-likeness (QED) is 0.447. The molecule has 3 rings (SSSR count). The fourth-order valence-electron chi connectivity index (χ4n) is 6.64. The van der Waals surface area contributed by atoms with E-state index < -0.39 is 36.3 Å². The summed E-state index contributed by atoms with van der Waals surface area (Å²) < 4.78 is 38.6. The SMILES string of the molecule is C[C@H](CNC(=O)C[C@](C)(O)C(F)(F)F)[C@H]1CCC2C(=CC=C3C[C@@H](O)C[C@H](O)C3)CCC[C@@]21C. The fraction of sp³-hybridized carbons (Fsp3) is 0.808. The van der Waals surface area contributed by atoms with Gasteiger partial charge in [-0.1, -0.05) is 37.1 Å². The van der Waals surface area contributed by atoms with Gasteiger partial charge in [-0.25, -0.2) is 0 Å². The number of rotatable bonds is 6. The van der Waals surface area contributed by atoms with Crippen molar-refractivity contribution in [3.05, 3.63) is 23.3 Å². The summed E-state index contributed by atoms with van der Waals surface area (Å²) in [5, 5.41) is 32.1. The Labute approximate surface area is 200 Å². The van der Waals surface area contributed by atoms with Crippen molar-refractivity contribution in [1.82, 2.24) is 5.32 Å². The maximum absolute atomic E-state index is 12.9. The molecule has 3 saturated carbocycles. The maximum atomic E-state index is 12.9. The second-order valence-electron chi connectivity index (χ2n) is 11.3. The normalized spacial score (nSPS) is 36.0. The molecule has 0 saturated heterocycles. The highest BCUT2D eigenvalue weighted by Gasteiger charge is 2.52. The number of alkyl halides is 3. The maximum Gasteiger partial charge on any atom is 0.417 e. The molecule has 3 fully saturated rings. The minimum absolute atomic E-state index is 0.0653. The van der Waals surface area contributed by atoms with Gasteiger partial charge in [0.25, 0.3) is 0 Å². The van der Waals surface area contributed by atoms with Gasteiger partial charge in [-0.05, 0) is 81.5 Å². The van der Waals surface area contributed by atoms with Crippen molar-refractivity contribution < 1.29 is 33.3 Å². The Hall–Kier alpha value is -1.38. The van der Waals surface area contributed by atoms with Crippen molar-refractivity contribution in [3.8, 4) is 0 Å². The summed E-state index contributed by atoms with van der Waals surface area (Å²) in [5.41, 5.74) is -0.495. The van der Waals surface area contributed by atoms with E-state index in [0.29, 0.717) is 44.6 Å². The minimum atomic E-state index is -4.85. The summed E-state index contributed by atoms with van der Waals surface area (Å²) in [6, 6.07) is 0. The predicted molar refractivity (Wildman–Crippen MR) is 124 cm³/mol. The number of carbonyl (C=O) groups excluding carboxylic acids is 1. The highest BCUT2D eigenvalue weighted by atomic mass is 19.4. The van der Waals surface area contributed by atoms with Crippen LogP contribution in [0.25, 0.3) is 0 Å². The Morgan fingerprint density at radius 3 is 2.47 bits per heavy atom. The number of amides is 1. The van der Waals surface area contributed by atoms with E-state index in [1.165, 1.54) is 5.57 Å². The van der Waals surface area contributed by atoms with E-state index in [1.807, 2.05) is 6.92 Å². The van der Waals surface area contributed by atoms with Crippen LogP contribution in [0.2, 0.25) is 0 Å². The molecule has 1 unspecified atom stereocenters. The number of nitrogens with one attached hydrogen (secondary N) is 1. The third-order valence-electron chi connectivity index (χ3n) is 8.53. The van der Waals surface area contributed by atoms with Crippen LogP contribution in [0, 0.1) is 23.2 Å². The van der Waals surface area contributed by atoms with E-state index in [2.05, 4.69) is 24.4 Å². The zero-order valence-corrected chi connectivity index (χ0v) is 20.5. The number of halogens is 3. The van der Waals surface area contributed by atoms with E-state index >= 15 is 0 Å². The summed E-state index contributed by atoms with van der Waals surface area (Å²) in [6.45, 7) is 5.26. The van der Waals surface area contributed by atoms with Gasteiger partial charge in [-0.2, -0.15) is 13.2 Å². The standard InChI is InChI=1S/C26H40F3NO4/c1-16(15-30-23(33)14-25(3,34)26(27,28)29)21-8-9-22-18(5-4-10-24(21,22)2)7-6-17-11-19(31)13-20(32)12-17/h6-7,16,19-22,31-32,34H,4-5,8-15H2,1-3H3,(H,30,33)/t16-,19-,20-,21-,22?,24-,25+/m1/s1. The van der Waals surface area contributed by atoms with Gasteiger partial charge in [0.2, 0.25) is 5.91 Å². The minimum Gasteiger partial charge on any atom is -0.393 e. The van der Waals surface area contributed by atoms with Crippen LogP contribution < -0.4 is 5.32 Å². The van der Waals surface area contributed by atoms with Crippen molar-refractivity contribution in [2.24, 2.45) is 23.2 Å². The van der Waals surface area contributed by atoms with Crippen LogP contribution in [-0.2, 0) is 4.79 Å². The Bertz CT molecular complexity index is 794. The molecule has 0 aromatic heterocycles. The number of fused-ring (bicyclic) bond motifs is 1. The molecule has 0 aliphatic heterocycles. The van der Waals surface area contributed by atoms with Gasteiger partial charge in [0.15, 0.2) is 5.60 Å². The summed E-state index contributed by atoms with van der Waals surface area (Å²) in [7, 11) is 0. The summed E-state index contributed by atoms with van der Waals surface area (Å²) in [5.74, 6) is 0.0824. The zero-order chi connectivity index (χ0) is 25.3. The predicted octanol–water partition coefficient (Wildman–Crippen LogP) is 4.42. The lowest BCUT2D eigenvalue weighted by atomic mass is 9.61. The average molecular weight is 488 g/mol. The van der Waals surface area contributed by atoms with Crippen LogP contribution in [0.5, 0.6) is 0 Å². The van der Waals surface area contributed by atoms with E-state index in [1.54, 1.807) is 0 Å². The first-order chi connectivity index (χ1) is 15.7. The molecule has 4 N–H and O–H groups in total. The van der Waals surface area contributed by atoms with Gasteiger partial charge in [-0.15, -0.1) is 0 Å². The highest BCUT2D eigenvalue weighted by Crippen LogP contribution is 2.59. The molecule has 0 aromatic carbocycles. The van der Waals surface area contributed by atoms with E-state index in [9.17, 15) is 33.3 Å². The molecular formula is C26H40F3NO4. The zero-order valence-electron chi connectivity index (χ0n) is 20.5. The molecule has 5 nitrogen and oxygen atoms in total. The Morgan fingerprint density at radius 2 is 1.85 bits per heavy atom. The molecular weight excluding hydrogens is 447 g/mol. The molecule has 3 aliphatic carbocycles. The number of allylic oxidation sites excluding steroid dienone is 3. The van der Waals surface area contributed by atoms with Crippen LogP contribution >= 0.6 is 0 Å². The van der Waals surface area contributed by atoms with Crippen LogP contribution in [0.1, 0.15) is 78.6 Å². The average Bonchev–Trinajstić information content (AvgIpc) is 3.06. The molecule has 3 aliphatic rings. The smallest absolute Gasteiger partial charge is 0.393 e. The first-order valence-electron chi connectivity index (χ1n) is 12.5. The van der Waals surface area contributed by atoms with Crippen molar-refractivity contribution in [2.75, 3.05) is 6.54 Å². The monoisotopic (exact) mass is 487 g/mol. The molecule has 0 aromatic rings. The second kappa shape index (κ2) is 10.3. The first kappa shape index (κ1) is 27.2. The molecule has 0 radical (unpaired) electrons. The number of carbonyl (C=O) groups is 1. The van der Waals surface area contributed by atoms with E-state index in [0.717, 1.165) is 37.7 Å². The summed E-state index contributed by atoms with van der Waals surface area (Å²) in [4.78, 5) is 12.1. The van der Waals surface area contributed by atoms with Crippen LogP contribution in [-0.4, -0.2) is 51.8 Å². The van der Waals surface area contributed by atoms with Crippen molar-refractivity contribution in [3.63, 3.8) is 0 Å². The molecule has 34 heavy (non-hydrogen) atoms. The highest BCUT2D eigenvalue weighted by molar-refractivity contribution is 5.77. The third kappa shape index (κ3) is 6.05. The Kier molecular flexibility index (Phi) is 8.25. The molecule has 0 heterocycles. The topological polar surface area (TPSA) is 89.8 Å². The largest absolute Gasteiger partial charge is 0.417 e. The van der Waals surface area contributed by atoms with Gasteiger partial charge >= 0.3 is 6.18 Å². The van der Waals surface area contributed by atoms with Gasteiger partial charge in [-0.3, -0.25) is 4.79 Å². The molecule has 0 bridgehead atoms. The lowest BCUT2D eigenvalue weighted by Gasteiger charge is -2.44. The van der Waals surface area contributed by atoms with E-state index in [4.69, 9.17) is 0 Å². The lowest BCUT2D eigenvalue weighted by Crippen LogP contribution is -2.47. The Morgan fingerprint density at radius 1 is 1.21 bits per heavy atom. The summed E-state index contributed by atoms with van der Waals surface area (Å²) >= 11 is 0. The molecule has 0 spiro atoms. The number of aliphatic hydroxyl groups excluding tert-OH is 2. The second-order valence-corrected chi connectivity index (χ2v) is 11.3. The van der Waals surface area contributed by atoms with Gasteiger partial charge in [0, 0.05) is 6.54 Å². The Balaban J connectivity index is 1.62.